The molecule has 0 bridgehead atoms. The number of aliphatic hydroxyl groups is 1. The van der Waals surface area contributed by atoms with Gasteiger partial charge in [-0.2, -0.15) is 0 Å². The highest BCUT2D eigenvalue weighted by Gasteiger charge is 2.54. The number of nitrogens with two attached hydrogens (primary N) is 1. The Hall–Kier alpha value is -1.04. The number of hydrogen-bond donors (Lipinski definition) is 2. The van der Waals surface area contributed by atoms with Gasteiger partial charge in [0.1, 0.15) is 11.4 Å². The van der Waals surface area contributed by atoms with Gasteiger partial charge in [-0.25, -0.2) is 8.78 Å². The SMILES string of the molecule is C=C(F)/C(=C\C=C/C)[C@]1(N)COCC[C@@]1(F)CO. The summed E-state index contributed by atoms with van der Waals surface area (Å²) in [6.07, 6.45) is 4.48. The Morgan fingerprint density at radius 1 is 1.61 bits per heavy atom. The van der Waals surface area contributed by atoms with Gasteiger partial charge in [0.2, 0.25) is 0 Å². The molecular formula is C13H19F2NO2. The van der Waals surface area contributed by atoms with E-state index in [4.69, 9.17) is 10.5 Å². The number of hydrogen-bond acceptors (Lipinski definition) is 3. The van der Waals surface area contributed by atoms with Gasteiger partial charge in [-0.1, -0.05) is 24.8 Å². The minimum atomic E-state index is -2.12. The van der Waals surface area contributed by atoms with Crippen LogP contribution in [0.25, 0.3) is 0 Å². The van der Waals surface area contributed by atoms with Gasteiger partial charge in [-0.3, -0.25) is 0 Å². The second-order valence-electron chi connectivity index (χ2n) is 4.41. The van der Waals surface area contributed by atoms with E-state index in [0.29, 0.717) is 0 Å². The number of halogens is 2. The summed E-state index contributed by atoms with van der Waals surface area (Å²) in [5, 5.41) is 9.23. The summed E-state index contributed by atoms with van der Waals surface area (Å²) in [4.78, 5) is 0. The number of rotatable bonds is 4. The summed E-state index contributed by atoms with van der Waals surface area (Å²) < 4.78 is 33.3. The predicted molar refractivity (Wildman–Crippen MR) is 66.4 cm³/mol. The topological polar surface area (TPSA) is 55.5 Å². The van der Waals surface area contributed by atoms with Gasteiger partial charge in [0, 0.05) is 18.6 Å². The van der Waals surface area contributed by atoms with Crippen molar-refractivity contribution in [2.24, 2.45) is 5.73 Å². The number of allylic oxidation sites excluding steroid dienone is 3. The standard InChI is InChI=1S/C13H19F2NO2/c1-3-4-5-11(10(2)14)13(16)9-18-7-6-12(13,15)8-17/h3-5,17H,2,6-9,16H2,1H3/b4-3-,11-5+/t12-,13-/m1/s1. The van der Waals surface area contributed by atoms with Gasteiger partial charge >= 0.3 is 0 Å². The van der Waals surface area contributed by atoms with Crippen LogP contribution in [0.2, 0.25) is 0 Å². The maximum atomic E-state index is 14.7. The fourth-order valence-electron chi connectivity index (χ4n) is 2.03. The molecule has 102 valence electrons. The molecule has 0 unspecified atom stereocenters. The van der Waals surface area contributed by atoms with Crippen LogP contribution in [0, 0.1) is 0 Å². The van der Waals surface area contributed by atoms with E-state index in [0.717, 1.165) is 0 Å². The molecule has 5 heteroatoms. The minimum absolute atomic E-state index is 0.0829. The lowest BCUT2D eigenvalue weighted by Crippen LogP contribution is -2.66. The molecule has 1 saturated heterocycles. The Morgan fingerprint density at radius 2 is 2.28 bits per heavy atom. The summed E-state index contributed by atoms with van der Waals surface area (Å²) >= 11 is 0. The summed E-state index contributed by atoms with van der Waals surface area (Å²) in [6.45, 7) is 4.08. The molecule has 0 radical (unpaired) electrons. The van der Waals surface area contributed by atoms with Crippen LogP contribution < -0.4 is 5.73 Å². The van der Waals surface area contributed by atoms with Gasteiger partial charge in [0.05, 0.1) is 13.2 Å². The van der Waals surface area contributed by atoms with E-state index in [1.54, 1.807) is 19.1 Å². The molecule has 3 nitrogen and oxygen atoms in total. The fourth-order valence-corrected chi connectivity index (χ4v) is 2.03. The second-order valence-corrected chi connectivity index (χ2v) is 4.41. The molecule has 1 aliphatic heterocycles. The number of aliphatic hydroxyl groups excluding tert-OH is 1. The number of alkyl halides is 1. The molecule has 0 saturated carbocycles. The summed E-state index contributed by atoms with van der Waals surface area (Å²) in [7, 11) is 0. The molecule has 0 spiro atoms. The third-order valence-electron chi connectivity index (χ3n) is 3.25. The lowest BCUT2D eigenvalue weighted by molar-refractivity contribution is -0.0876. The van der Waals surface area contributed by atoms with Crippen molar-refractivity contribution in [2.75, 3.05) is 19.8 Å². The Labute approximate surface area is 106 Å². The van der Waals surface area contributed by atoms with Crippen LogP contribution in [-0.2, 0) is 4.74 Å². The van der Waals surface area contributed by atoms with E-state index in [1.165, 1.54) is 6.08 Å². The van der Waals surface area contributed by atoms with Gasteiger partial charge < -0.3 is 15.6 Å². The molecule has 18 heavy (non-hydrogen) atoms. The number of ether oxygens (including phenoxy) is 1. The smallest absolute Gasteiger partial charge is 0.160 e. The molecule has 0 aliphatic carbocycles. The van der Waals surface area contributed by atoms with Crippen molar-refractivity contribution in [2.45, 2.75) is 24.6 Å². The van der Waals surface area contributed by atoms with Gasteiger partial charge in [0.25, 0.3) is 0 Å². The molecule has 3 N–H and O–H groups in total. The highest BCUT2D eigenvalue weighted by atomic mass is 19.1. The van der Waals surface area contributed by atoms with Crippen molar-refractivity contribution in [3.8, 4) is 0 Å². The molecule has 1 aliphatic rings. The van der Waals surface area contributed by atoms with E-state index in [2.05, 4.69) is 6.58 Å². The van der Waals surface area contributed by atoms with Crippen LogP contribution in [0.3, 0.4) is 0 Å². The highest BCUT2D eigenvalue weighted by molar-refractivity contribution is 5.41. The van der Waals surface area contributed by atoms with Crippen molar-refractivity contribution in [1.29, 1.82) is 0 Å². The second kappa shape index (κ2) is 5.73. The van der Waals surface area contributed by atoms with Crippen LogP contribution in [-0.4, -0.2) is 36.1 Å². The van der Waals surface area contributed by atoms with Crippen LogP contribution in [0.15, 0.2) is 36.2 Å². The normalized spacial score (nSPS) is 33.9. The molecule has 0 amide bonds. The summed E-state index contributed by atoms with van der Waals surface area (Å²) in [6, 6.07) is 0. The lowest BCUT2D eigenvalue weighted by atomic mass is 9.73. The average Bonchev–Trinajstić information content (AvgIpc) is 2.33. The van der Waals surface area contributed by atoms with E-state index < -0.39 is 23.6 Å². The largest absolute Gasteiger partial charge is 0.393 e. The van der Waals surface area contributed by atoms with E-state index in [1.807, 2.05) is 0 Å². The molecule has 1 fully saturated rings. The van der Waals surface area contributed by atoms with Crippen LogP contribution in [0.1, 0.15) is 13.3 Å². The Bertz CT molecular complexity index is 381. The van der Waals surface area contributed by atoms with E-state index >= 15 is 0 Å². The minimum Gasteiger partial charge on any atom is -0.393 e. The lowest BCUT2D eigenvalue weighted by Gasteiger charge is -2.45. The summed E-state index contributed by atoms with van der Waals surface area (Å²) in [5.74, 6) is -0.823. The van der Waals surface area contributed by atoms with Crippen LogP contribution in [0.5, 0.6) is 0 Å². The van der Waals surface area contributed by atoms with Crippen molar-refractivity contribution in [3.05, 3.63) is 36.2 Å². The zero-order chi connectivity index (χ0) is 13.8. The maximum Gasteiger partial charge on any atom is 0.160 e. The Kier molecular flexibility index (Phi) is 4.78. The Balaban J connectivity index is 3.25. The van der Waals surface area contributed by atoms with Crippen LogP contribution in [0.4, 0.5) is 8.78 Å². The fraction of sp³-hybridized carbons (Fsp3) is 0.538. The average molecular weight is 259 g/mol. The molecule has 2 atom stereocenters. The first-order valence-corrected chi connectivity index (χ1v) is 5.76. The molecule has 1 heterocycles. The van der Waals surface area contributed by atoms with Crippen molar-refractivity contribution < 1.29 is 18.6 Å². The predicted octanol–water partition coefficient (Wildman–Crippen LogP) is 1.79. The molecule has 0 aromatic carbocycles. The first-order chi connectivity index (χ1) is 8.41. The first-order valence-electron chi connectivity index (χ1n) is 5.76. The zero-order valence-electron chi connectivity index (χ0n) is 10.5. The van der Waals surface area contributed by atoms with Crippen molar-refractivity contribution in [3.63, 3.8) is 0 Å². The third kappa shape index (κ3) is 2.53. The van der Waals surface area contributed by atoms with Crippen LogP contribution >= 0.6 is 0 Å². The zero-order valence-corrected chi connectivity index (χ0v) is 10.5. The van der Waals surface area contributed by atoms with Gasteiger partial charge in [0.15, 0.2) is 5.67 Å². The highest BCUT2D eigenvalue weighted by Crippen LogP contribution is 2.40. The maximum absolute atomic E-state index is 14.7. The van der Waals surface area contributed by atoms with Crippen molar-refractivity contribution >= 4 is 0 Å². The summed E-state index contributed by atoms with van der Waals surface area (Å²) in [5.41, 5.74) is 2.04. The van der Waals surface area contributed by atoms with E-state index in [9.17, 15) is 13.9 Å². The quantitative estimate of drug-likeness (QED) is 0.757. The molecule has 1 rings (SSSR count). The monoisotopic (exact) mass is 259 g/mol. The van der Waals surface area contributed by atoms with Crippen molar-refractivity contribution in [1.82, 2.24) is 0 Å². The molecule has 0 aromatic heterocycles. The van der Waals surface area contributed by atoms with Gasteiger partial charge in [-0.05, 0) is 6.92 Å². The van der Waals surface area contributed by atoms with Gasteiger partial charge in [-0.15, -0.1) is 0 Å². The Morgan fingerprint density at radius 3 is 2.78 bits per heavy atom. The third-order valence-corrected chi connectivity index (χ3v) is 3.25. The van der Waals surface area contributed by atoms with E-state index in [-0.39, 0.29) is 25.2 Å². The molecule has 0 aromatic rings. The first kappa shape index (κ1) is 15.0. The molecular weight excluding hydrogens is 240 g/mol.